The third-order valence-corrected chi connectivity index (χ3v) is 5.80. The molecular weight excluding hydrogens is 213 g/mol. The van der Waals surface area contributed by atoms with E-state index in [4.69, 9.17) is 0 Å². The van der Waals surface area contributed by atoms with Crippen molar-refractivity contribution in [2.24, 2.45) is 29.1 Å². The van der Waals surface area contributed by atoms with Crippen LogP contribution in [0.4, 0.5) is 13.2 Å². The minimum atomic E-state index is -3.98. The minimum Gasteiger partial charge on any atom is -0.170 e. The molecule has 0 aromatic carbocycles. The molecule has 0 saturated heterocycles. The summed E-state index contributed by atoms with van der Waals surface area (Å²) in [7, 11) is 0. The van der Waals surface area contributed by atoms with Crippen LogP contribution in [0.3, 0.4) is 0 Å². The van der Waals surface area contributed by atoms with Crippen molar-refractivity contribution in [3.63, 3.8) is 0 Å². The highest BCUT2D eigenvalue weighted by Gasteiger charge is 2.73. The molecule has 0 radical (unpaired) electrons. The van der Waals surface area contributed by atoms with E-state index in [1.807, 2.05) is 0 Å². The average Bonchev–Trinajstić information content (AvgIpc) is 2.95. The van der Waals surface area contributed by atoms with Gasteiger partial charge >= 0.3 is 6.18 Å². The lowest BCUT2D eigenvalue weighted by Gasteiger charge is -2.40. The van der Waals surface area contributed by atoms with Gasteiger partial charge in [-0.3, -0.25) is 0 Å². The lowest BCUT2D eigenvalue weighted by molar-refractivity contribution is -0.234. The van der Waals surface area contributed by atoms with Gasteiger partial charge in [-0.15, -0.1) is 0 Å². The number of halogens is 3. The van der Waals surface area contributed by atoms with Crippen molar-refractivity contribution >= 4 is 0 Å². The summed E-state index contributed by atoms with van der Waals surface area (Å²) in [5.41, 5.74) is -0.155. The molecule has 3 heteroatoms. The van der Waals surface area contributed by atoms with Crippen LogP contribution in [0.2, 0.25) is 0 Å². The molecule has 0 nitrogen and oxygen atoms in total. The molecule has 3 saturated carbocycles. The van der Waals surface area contributed by atoms with Crippen LogP contribution in [-0.4, -0.2) is 6.18 Å². The standard InChI is InChI=1S/C13H15F3/c14-13(15,16)12-4-3-9(6-12)10-7-1-2-8(5-7)11(10)12/h2,7,9-11H,1,3-6H2. The maximum absolute atomic E-state index is 13.4. The molecule has 88 valence electrons. The second-order valence-corrected chi connectivity index (χ2v) is 6.19. The molecular formula is C13H15F3. The number of alkyl halides is 3. The molecule has 0 amide bonds. The van der Waals surface area contributed by atoms with E-state index in [9.17, 15) is 13.2 Å². The minimum absolute atomic E-state index is 0.120. The summed E-state index contributed by atoms with van der Waals surface area (Å²) in [5.74, 6) is 1.21. The normalized spacial score (nSPS) is 53.3. The smallest absolute Gasteiger partial charge is 0.170 e. The van der Waals surface area contributed by atoms with Crippen LogP contribution in [0.1, 0.15) is 32.1 Å². The summed E-state index contributed by atoms with van der Waals surface area (Å²) in [5, 5.41) is 0. The Kier molecular flexibility index (Phi) is 1.50. The van der Waals surface area contributed by atoms with Crippen molar-refractivity contribution in [3.8, 4) is 0 Å². The summed E-state index contributed by atoms with van der Waals surface area (Å²) in [6, 6.07) is 0. The van der Waals surface area contributed by atoms with Crippen molar-refractivity contribution in [3.05, 3.63) is 11.6 Å². The summed E-state index contributed by atoms with van der Waals surface area (Å²) >= 11 is 0. The molecule has 0 spiro atoms. The van der Waals surface area contributed by atoms with Crippen LogP contribution < -0.4 is 0 Å². The Bertz CT molecular complexity index is 381. The van der Waals surface area contributed by atoms with E-state index >= 15 is 0 Å². The fourth-order valence-electron chi connectivity index (χ4n) is 5.38. The summed E-state index contributed by atoms with van der Waals surface area (Å²) in [6.45, 7) is 0. The summed E-state index contributed by atoms with van der Waals surface area (Å²) in [4.78, 5) is 0. The van der Waals surface area contributed by atoms with Gasteiger partial charge in [0.2, 0.25) is 0 Å². The Labute approximate surface area is 92.9 Å². The van der Waals surface area contributed by atoms with Crippen molar-refractivity contribution < 1.29 is 13.2 Å². The largest absolute Gasteiger partial charge is 0.395 e. The first-order valence-electron chi connectivity index (χ1n) is 6.28. The van der Waals surface area contributed by atoms with Gasteiger partial charge in [-0.05, 0) is 55.8 Å². The molecule has 0 heterocycles. The quantitative estimate of drug-likeness (QED) is 0.435. The maximum Gasteiger partial charge on any atom is 0.395 e. The summed E-state index contributed by atoms with van der Waals surface area (Å²) < 4.78 is 40.1. The lowest BCUT2D eigenvalue weighted by atomic mass is 9.67. The second kappa shape index (κ2) is 2.51. The molecule has 5 atom stereocenters. The fourth-order valence-corrected chi connectivity index (χ4v) is 5.38. The first-order valence-corrected chi connectivity index (χ1v) is 6.28. The highest BCUT2D eigenvalue weighted by Crippen LogP contribution is 2.74. The highest BCUT2D eigenvalue weighted by atomic mass is 19.4. The Morgan fingerprint density at radius 3 is 2.81 bits per heavy atom. The predicted octanol–water partition coefficient (Wildman–Crippen LogP) is 3.93. The van der Waals surface area contributed by atoms with Crippen LogP contribution >= 0.6 is 0 Å². The average molecular weight is 228 g/mol. The first-order chi connectivity index (χ1) is 7.53. The van der Waals surface area contributed by atoms with Crippen LogP contribution in [0.5, 0.6) is 0 Å². The number of rotatable bonds is 0. The van der Waals surface area contributed by atoms with Gasteiger partial charge in [0, 0.05) is 0 Å². The Hall–Kier alpha value is -0.470. The highest BCUT2D eigenvalue weighted by molar-refractivity contribution is 5.32. The van der Waals surface area contributed by atoms with Crippen molar-refractivity contribution in [2.75, 3.05) is 0 Å². The van der Waals surface area contributed by atoms with Gasteiger partial charge < -0.3 is 0 Å². The topological polar surface area (TPSA) is 0 Å². The molecule has 0 N–H and O–H groups in total. The van der Waals surface area contributed by atoms with E-state index in [0.29, 0.717) is 30.6 Å². The van der Waals surface area contributed by atoms with Crippen molar-refractivity contribution in [1.29, 1.82) is 0 Å². The maximum atomic E-state index is 13.4. The Morgan fingerprint density at radius 2 is 2.06 bits per heavy atom. The van der Waals surface area contributed by atoms with Gasteiger partial charge in [-0.2, -0.15) is 13.2 Å². The lowest BCUT2D eigenvalue weighted by Crippen LogP contribution is -2.42. The molecule has 0 aromatic heterocycles. The molecule has 4 bridgehead atoms. The van der Waals surface area contributed by atoms with Gasteiger partial charge in [0.05, 0.1) is 5.41 Å². The first kappa shape index (κ1) is 9.55. The Balaban J connectivity index is 1.85. The molecule has 4 aliphatic rings. The zero-order valence-corrected chi connectivity index (χ0v) is 9.06. The molecule has 5 unspecified atom stereocenters. The zero-order chi connectivity index (χ0) is 11.1. The van der Waals surface area contributed by atoms with E-state index < -0.39 is 11.6 Å². The van der Waals surface area contributed by atoms with E-state index in [1.165, 1.54) is 0 Å². The molecule has 0 aliphatic heterocycles. The van der Waals surface area contributed by atoms with Crippen molar-refractivity contribution in [1.82, 2.24) is 0 Å². The molecule has 16 heavy (non-hydrogen) atoms. The number of allylic oxidation sites excluding steroid dienone is 2. The number of hydrogen-bond donors (Lipinski definition) is 0. The molecule has 0 aromatic rings. The van der Waals surface area contributed by atoms with Gasteiger partial charge in [-0.1, -0.05) is 11.6 Å². The van der Waals surface area contributed by atoms with Crippen LogP contribution in [-0.2, 0) is 0 Å². The Morgan fingerprint density at radius 1 is 1.25 bits per heavy atom. The molecule has 3 fully saturated rings. The monoisotopic (exact) mass is 228 g/mol. The summed E-state index contributed by atoms with van der Waals surface area (Å²) in [6.07, 6.45) is 1.81. The van der Waals surface area contributed by atoms with E-state index in [-0.39, 0.29) is 5.92 Å². The molecule has 4 aliphatic carbocycles. The third kappa shape index (κ3) is 0.832. The number of hydrogen-bond acceptors (Lipinski definition) is 0. The van der Waals surface area contributed by atoms with Gasteiger partial charge in [0.15, 0.2) is 0 Å². The fraction of sp³-hybridized carbons (Fsp3) is 0.846. The predicted molar refractivity (Wildman–Crippen MR) is 53.6 cm³/mol. The third-order valence-electron chi connectivity index (χ3n) is 5.80. The molecule has 4 rings (SSSR count). The van der Waals surface area contributed by atoms with E-state index in [0.717, 1.165) is 24.8 Å². The van der Waals surface area contributed by atoms with E-state index in [2.05, 4.69) is 6.08 Å². The van der Waals surface area contributed by atoms with Crippen molar-refractivity contribution in [2.45, 2.75) is 38.3 Å². The van der Waals surface area contributed by atoms with E-state index in [1.54, 1.807) is 0 Å². The SMILES string of the molecule is FC(F)(F)C12CCC(C1)C1C3CC=C(C3)C12. The number of fused-ring (bicyclic) bond motifs is 9. The van der Waals surface area contributed by atoms with Gasteiger partial charge in [0.25, 0.3) is 0 Å². The zero-order valence-electron chi connectivity index (χ0n) is 9.06. The van der Waals surface area contributed by atoms with Gasteiger partial charge in [0.1, 0.15) is 0 Å². The van der Waals surface area contributed by atoms with Gasteiger partial charge in [-0.25, -0.2) is 0 Å². The van der Waals surface area contributed by atoms with Crippen LogP contribution in [0.25, 0.3) is 0 Å². The van der Waals surface area contributed by atoms with Crippen LogP contribution in [0.15, 0.2) is 11.6 Å². The second-order valence-electron chi connectivity index (χ2n) is 6.19. The van der Waals surface area contributed by atoms with Crippen LogP contribution in [0, 0.1) is 29.1 Å².